The zero-order valence-corrected chi connectivity index (χ0v) is 8.46. The van der Waals surface area contributed by atoms with Gasteiger partial charge < -0.3 is 0 Å². The lowest BCUT2D eigenvalue weighted by Gasteiger charge is -1.99. The Balaban J connectivity index is 4.66. The van der Waals surface area contributed by atoms with Crippen LogP contribution in [0.5, 0.6) is 0 Å². The highest BCUT2D eigenvalue weighted by molar-refractivity contribution is 5.40. The second-order valence-corrected chi connectivity index (χ2v) is 2.62. The van der Waals surface area contributed by atoms with Crippen LogP contribution in [0, 0.1) is 0 Å². The fourth-order valence-electron chi connectivity index (χ4n) is 0.865. The first kappa shape index (κ1) is 11.0. The summed E-state index contributed by atoms with van der Waals surface area (Å²) in [6.45, 7) is 8.24. The third-order valence-electron chi connectivity index (χ3n) is 1.70. The summed E-state index contributed by atoms with van der Waals surface area (Å²) in [6.07, 6.45) is 12.5. The highest BCUT2D eigenvalue weighted by Gasteiger charge is 1.90. The van der Waals surface area contributed by atoms with Crippen molar-refractivity contribution in [1.29, 1.82) is 0 Å². The van der Waals surface area contributed by atoms with E-state index in [1.165, 1.54) is 11.1 Å². The molecule has 12 heavy (non-hydrogen) atoms. The lowest BCUT2D eigenvalue weighted by molar-refractivity contribution is 1.39. The molecule has 0 rings (SSSR count). The maximum absolute atomic E-state index is 2.12. The van der Waals surface area contributed by atoms with Gasteiger partial charge in [-0.3, -0.25) is 0 Å². The molecule has 0 radical (unpaired) electrons. The van der Waals surface area contributed by atoms with E-state index in [1.54, 1.807) is 0 Å². The third kappa shape index (κ3) is 3.97. The fourth-order valence-corrected chi connectivity index (χ4v) is 0.865. The molecule has 0 aliphatic rings. The van der Waals surface area contributed by atoms with Gasteiger partial charge in [-0.15, -0.1) is 0 Å². The highest BCUT2D eigenvalue weighted by Crippen LogP contribution is 2.10. The van der Waals surface area contributed by atoms with Crippen molar-refractivity contribution in [3.8, 4) is 0 Å². The molecule has 66 valence electrons. The molecule has 0 saturated heterocycles. The standard InChI is InChI=1S/C12H18/c1-5-8-10-12(9-6-2)11(4)7-3/h5-10H,1-4H3/b8-5-,9-6-,11-7+,12-10+. The van der Waals surface area contributed by atoms with E-state index in [9.17, 15) is 0 Å². The topological polar surface area (TPSA) is 0 Å². The second-order valence-electron chi connectivity index (χ2n) is 2.62. The maximum atomic E-state index is 2.12. The van der Waals surface area contributed by atoms with Gasteiger partial charge in [0.1, 0.15) is 0 Å². The Morgan fingerprint density at radius 2 is 1.67 bits per heavy atom. The van der Waals surface area contributed by atoms with Crippen molar-refractivity contribution in [3.05, 3.63) is 47.6 Å². The highest BCUT2D eigenvalue weighted by atomic mass is 14.0. The summed E-state index contributed by atoms with van der Waals surface area (Å²) in [6, 6.07) is 0. The van der Waals surface area contributed by atoms with Gasteiger partial charge in [0.15, 0.2) is 0 Å². The van der Waals surface area contributed by atoms with Crippen LogP contribution in [0.15, 0.2) is 47.6 Å². The first-order valence-corrected chi connectivity index (χ1v) is 4.35. The van der Waals surface area contributed by atoms with E-state index in [1.807, 2.05) is 19.9 Å². The zero-order valence-electron chi connectivity index (χ0n) is 8.46. The van der Waals surface area contributed by atoms with Crippen LogP contribution in [-0.4, -0.2) is 0 Å². The molecule has 0 nitrogen and oxygen atoms in total. The fraction of sp³-hybridized carbons (Fsp3) is 0.333. The van der Waals surface area contributed by atoms with Crippen LogP contribution in [0.3, 0.4) is 0 Å². The molecule has 0 aliphatic carbocycles. The smallest absolute Gasteiger partial charge is 0.0234 e. The van der Waals surface area contributed by atoms with Crippen LogP contribution in [-0.2, 0) is 0 Å². The number of allylic oxidation sites excluding steroid dienone is 8. The first-order chi connectivity index (χ1) is 5.76. The van der Waals surface area contributed by atoms with Crippen LogP contribution >= 0.6 is 0 Å². The van der Waals surface area contributed by atoms with Crippen molar-refractivity contribution in [2.45, 2.75) is 27.7 Å². The number of rotatable bonds is 3. The summed E-state index contributed by atoms with van der Waals surface area (Å²) >= 11 is 0. The molecule has 0 heterocycles. The molecule has 0 aromatic heterocycles. The van der Waals surface area contributed by atoms with Gasteiger partial charge in [0.25, 0.3) is 0 Å². The predicted molar refractivity (Wildman–Crippen MR) is 57.1 cm³/mol. The van der Waals surface area contributed by atoms with E-state index in [2.05, 4.69) is 44.2 Å². The zero-order chi connectivity index (χ0) is 9.40. The Kier molecular flexibility index (Phi) is 6.08. The second kappa shape index (κ2) is 6.66. The Bertz CT molecular complexity index is 224. The van der Waals surface area contributed by atoms with Gasteiger partial charge in [0.05, 0.1) is 0 Å². The van der Waals surface area contributed by atoms with Crippen molar-refractivity contribution < 1.29 is 0 Å². The lowest BCUT2D eigenvalue weighted by atomic mass is 10.1. The quantitative estimate of drug-likeness (QED) is 0.549. The minimum absolute atomic E-state index is 1.28. The van der Waals surface area contributed by atoms with Gasteiger partial charge in [-0.05, 0) is 38.8 Å². The van der Waals surface area contributed by atoms with Gasteiger partial charge >= 0.3 is 0 Å². The molecule has 0 N–H and O–H groups in total. The summed E-state index contributed by atoms with van der Waals surface area (Å²) < 4.78 is 0. The normalized spacial score (nSPS) is 15.0. The average Bonchev–Trinajstić information content (AvgIpc) is 2.11. The first-order valence-electron chi connectivity index (χ1n) is 4.35. The van der Waals surface area contributed by atoms with Crippen molar-refractivity contribution in [3.63, 3.8) is 0 Å². The summed E-state index contributed by atoms with van der Waals surface area (Å²) in [7, 11) is 0. The van der Waals surface area contributed by atoms with Crippen LogP contribution in [0.2, 0.25) is 0 Å². The van der Waals surface area contributed by atoms with Crippen LogP contribution in [0.4, 0.5) is 0 Å². The Morgan fingerprint density at radius 1 is 1.00 bits per heavy atom. The molecule has 0 atom stereocenters. The third-order valence-corrected chi connectivity index (χ3v) is 1.70. The Hall–Kier alpha value is -1.04. The van der Waals surface area contributed by atoms with Crippen molar-refractivity contribution in [1.82, 2.24) is 0 Å². The molecule has 0 bridgehead atoms. The van der Waals surface area contributed by atoms with E-state index in [0.29, 0.717) is 0 Å². The predicted octanol–water partition coefficient (Wildman–Crippen LogP) is 4.03. The van der Waals surface area contributed by atoms with E-state index < -0.39 is 0 Å². The minimum Gasteiger partial charge on any atom is -0.0876 e. The number of hydrogen-bond acceptors (Lipinski definition) is 0. The van der Waals surface area contributed by atoms with Gasteiger partial charge in [-0.1, -0.05) is 36.5 Å². The van der Waals surface area contributed by atoms with Gasteiger partial charge in [0.2, 0.25) is 0 Å². The molecule has 0 heteroatoms. The van der Waals surface area contributed by atoms with E-state index >= 15 is 0 Å². The molecule has 0 spiro atoms. The maximum Gasteiger partial charge on any atom is -0.0234 e. The van der Waals surface area contributed by atoms with Crippen LogP contribution in [0.25, 0.3) is 0 Å². The summed E-state index contributed by atoms with van der Waals surface area (Å²) in [5.41, 5.74) is 2.59. The van der Waals surface area contributed by atoms with E-state index in [-0.39, 0.29) is 0 Å². The average molecular weight is 162 g/mol. The summed E-state index contributed by atoms with van der Waals surface area (Å²) in [5, 5.41) is 0. The largest absolute Gasteiger partial charge is 0.0876 e. The SMILES string of the molecule is C\C=C/C=C(\C=C/C)C(/C)=C/C. The van der Waals surface area contributed by atoms with E-state index in [4.69, 9.17) is 0 Å². The van der Waals surface area contributed by atoms with Crippen LogP contribution in [0.1, 0.15) is 27.7 Å². The summed E-state index contributed by atoms with van der Waals surface area (Å²) in [5.74, 6) is 0. The van der Waals surface area contributed by atoms with E-state index in [0.717, 1.165) is 0 Å². The van der Waals surface area contributed by atoms with Gasteiger partial charge in [-0.2, -0.15) is 0 Å². The van der Waals surface area contributed by atoms with Crippen LogP contribution < -0.4 is 0 Å². The van der Waals surface area contributed by atoms with Crippen molar-refractivity contribution in [2.24, 2.45) is 0 Å². The number of hydrogen-bond donors (Lipinski definition) is 0. The van der Waals surface area contributed by atoms with Crippen molar-refractivity contribution in [2.75, 3.05) is 0 Å². The molecule has 0 aromatic rings. The van der Waals surface area contributed by atoms with Crippen molar-refractivity contribution >= 4 is 0 Å². The molecule has 0 aliphatic heterocycles. The molecule has 0 saturated carbocycles. The van der Waals surface area contributed by atoms with Gasteiger partial charge in [-0.25, -0.2) is 0 Å². The molecule has 0 fully saturated rings. The molecular weight excluding hydrogens is 144 g/mol. The minimum atomic E-state index is 1.28. The lowest BCUT2D eigenvalue weighted by Crippen LogP contribution is -1.79. The summed E-state index contributed by atoms with van der Waals surface area (Å²) in [4.78, 5) is 0. The Labute approximate surface area is 76.0 Å². The monoisotopic (exact) mass is 162 g/mol. The Morgan fingerprint density at radius 3 is 2.08 bits per heavy atom. The molecule has 0 unspecified atom stereocenters. The molecule has 0 aromatic carbocycles. The molecule has 0 amide bonds. The van der Waals surface area contributed by atoms with Gasteiger partial charge in [0, 0.05) is 0 Å². The molecular formula is C12H18.